The summed E-state index contributed by atoms with van der Waals surface area (Å²) in [7, 11) is 0. The van der Waals surface area contributed by atoms with Gasteiger partial charge in [0.2, 0.25) is 0 Å². The Labute approximate surface area is 128 Å². The van der Waals surface area contributed by atoms with Crippen LogP contribution in [0.2, 0.25) is 10.0 Å². The Morgan fingerprint density at radius 3 is 2.47 bits per heavy atom. The molecule has 3 N–H and O–H groups in total. The Balaban J connectivity index is 2.20. The third-order valence-corrected chi connectivity index (χ3v) is 3.87. The van der Waals surface area contributed by atoms with Gasteiger partial charge in [-0.05, 0) is 52.3 Å². The van der Waals surface area contributed by atoms with Crippen LogP contribution in [0.4, 0.5) is 11.4 Å². The van der Waals surface area contributed by atoms with Crippen LogP contribution in [0.15, 0.2) is 40.9 Å². The Hall–Kier alpha value is -1.23. The number of hydrogen-bond acceptors (Lipinski definition) is 2. The van der Waals surface area contributed by atoms with Crippen molar-refractivity contribution < 1.29 is 4.79 Å². The number of anilines is 2. The van der Waals surface area contributed by atoms with Crippen LogP contribution >= 0.6 is 39.1 Å². The molecule has 6 heteroatoms. The van der Waals surface area contributed by atoms with E-state index in [9.17, 15) is 4.79 Å². The summed E-state index contributed by atoms with van der Waals surface area (Å²) in [4.78, 5) is 12.0. The molecule has 1 amide bonds. The lowest BCUT2D eigenvalue weighted by atomic mass is 10.2. The van der Waals surface area contributed by atoms with E-state index in [0.29, 0.717) is 31.5 Å². The third-order valence-electron chi connectivity index (χ3n) is 2.44. The van der Waals surface area contributed by atoms with Crippen LogP contribution in [-0.2, 0) is 0 Å². The standard InChI is InChI=1S/C13H9BrCl2N2O/c14-9-5-7(1-4-12(9)17)13(19)18-8-2-3-10(15)11(16)6-8/h1-6H,17H2,(H,18,19). The van der Waals surface area contributed by atoms with Crippen molar-refractivity contribution in [3.63, 3.8) is 0 Å². The van der Waals surface area contributed by atoms with Gasteiger partial charge in [-0.15, -0.1) is 0 Å². The van der Waals surface area contributed by atoms with Gasteiger partial charge in [0.1, 0.15) is 0 Å². The molecule has 0 atom stereocenters. The molecule has 19 heavy (non-hydrogen) atoms. The summed E-state index contributed by atoms with van der Waals surface area (Å²) in [5.41, 5.74) is 7.31. The number of nitrogen functional groups attached to an aromatic ring is 1. The zero-order valence-electron chi connectivity index (χ0n) is 9.58. The number of amides is 1. The third kappa shape index (κ3) is 3.41. The summed E-state index contributed by atoms with van der Waals surface area (Å²) in [6.45, 7) is 0. The van der Waals surface area contributed by atoms with E-state index in [4.69, 9.17) is 28.9 Å². The fourth-order valence-corrected chi connectivity index (χ4v) is 2.12. The molecule has 2 aromatic rings. The maximum atomic E-state index is 12.0. The monoisotopic (exact) mass is 358 g/mol. The van der Waals surface area contributed by atoms with E-state index in [2.05, 4.69) is 21.2 Å². The second-order valence-electron chi connectivity index (χ2n) is 3.82. The van der Waals surface area contributed by atoms with Crippen LogP contribution in [0, 0.1) is 0 Å². The molecule has 0 radical (unpaired) electrons. The first kappa shape index (κ1) is 14.2. The number of rotatable bonds is 2. The quantitative estimate of drug-likeness (QED) is 0.770. The minimum atomic E-state index is -0.251. The van der Waals surface area contributed by atoms with Crippen LogP contribution in [-0.4, -0.2) is 5.91 Å². The van der Waals surface area contributed by atoms with Gasteiger partial charge in [0.05, 0.1) is 10.0 Å². The Morgan fingerprint density at radius 2 is 1.84 bits per heavy atom. The van der Waals surface area contributed by atoms with Gasteiger partial charge in [-0.3, -0.25) is 4.79 Å². The number of benzene rings is 2. The second-order valence-corrected chi connectivity index (χ2v) is 5.49. The zero-order chi connectivity index (χ0) is 14.0. The molecule has 0 spiro atoms. The zero-order valence-corrected chi connectivity index (χ0v) is 12.7. The van der Waals surface area contributed by atoms with Crippen LogP contribution in [0.25, 0.3) is 0 Å². The first-order valence-electron chi connectivity index (χ1n) is 5.29. The van der Waals surface area contributed by atoms with Crippen molar-refractivity contribution in [3.8, 4) is 0 Å². The molecule has 3 nitrogen and oxygen atoms in total. The van der Waals surface area contributed by atoms with E-state index in [-0.39, 0.29) is 5.91 Å². The number of carbonyl (C=O) groups is 1. The molecule has 0 fully saturated rings. The van der Waals surface area contributed by atoms with E-state index in [1.165, 1.54) is 0 Å². The molecular formula is C13H9BrCl2N2O. The first-order chi connectivity index (χ1) is 8.97. The first-order valence-corrected chi connectivity index (χ1v) is 6.83. The second kappa shape index (κ2) is 5.82. The molecule has 98 valence electrons. The summed E-state index contributed by atoms with van der Waals surface area (Å²) in [6.07, 6.45) is 0. The molecule has 0 unspecified atom stereocenters. The normalized spacial score (nSPS) is 10.3. The summed E-state index contributed by atoms with van der Waals surface area (Å²) < 4.78 is 0.675. The summed E-state index contributed by atoms with van der Waals surface area (Å²) >= 11 is 15.0. The maximum Gasteiger partial charge on any atom is 0.255 e. The SMILES string of the molecule is Nc1ccc(C(=O)Nc2ccc(Cl)c(Cl)c2)cc1Br. The molecule has 0 aliphatic heterocycles. The number of nitrogens with two attached hydrogens (primary N) is 1. The average molecular weight is 360 g/mol. The average Bonchev–Trinajstić information content (AvgIpc) is 2.37. The topological polar surface area (TPSA) is 55.1 Å². The van der Waals surface area contributed by atoms with Crippen molar-refractivity contribution in [1.29, 1.82) is 0 Å². The van der Waals surface area contributed by atoms with E-state index in [1.54, 1.807) is 36.4 Å². The largest absolute Gasteiger partial charge is 0.398 e. The van der Waals surface area contributed by atoms with Crippen LogP contribution in [0.1, 0.15) is 10.4 Å². The van der Waals surface area contributed by atoms with E-state index < -0.39 is 0 Å². The lowest BCUT2D eigenvalue weighted by Crippen LogP contribution is -2.12. The van der Waals surface area contributed by atoms with Crippen LogP contribution < -0.4 is 11.1 Å². The number of halogens is 3. The van der Waals surface area contributed by atoms with Crippen LogP contribution in [0.5, 0.6) is 0 Å². The lowest BCUT2D eigenvalue weighted by Gasteiger charge is -2.07. The van der Waals surface area contributed by atoms with Gasteiger partial charge < -0.3 is 11.1 Å². The Morgan fingerprint density at radius 1 is 1.11 bits per heavy atom. The fraction of sp³-hybridized carbons (Fsp3) is 0. The van der Waals surface area contributed by atoms with Gasteiger partial charge in [-0.1, -0.05) is 23.2 Å². The number of carbonyl (C=O) groups excluding carboxylic acids is 1. The molecule has 0 saturated carbocycles. The molecule has 2 rings (SSSR count). The lowest BCUT2D eigenvalue weighted by molar-refractivity contribution is 0.102. The van der Waals surface area contributed by atoms with Crippen molar-refractivity contribution in [2.45, 2.75) is 0 Å². The molecule has 0 bridgehead atoms. The summed E-state index contributed by atoms with van der Waals surface area (Å²) in [5.74, 6) is -0.251. The number of hydrogen-bond donors (Lipinski definition) is 2. The van der Waals surface area contributed by atoms with Crippen molar-refractivity contribution in [3.05, 3.63) is 56.5 Å². The predicted octanol–water partition coefficient (Wildman–Crippen LogP) is 4.59. The van der Waals surface area contributed by atoms with E-state index in [1.807, 2.05) is 0 Å². The van der Waals surface area contributed by atoms with Crippen molar-refractivity contribution in [2.24, 2.45) is 0 Å². The van der Waals surface area contributed by atoms with Crippen molar-refractivity contribution in [2.75, 3.05) is 11.1 Å². The highest BCUT2D eigenvalue weighted by Gasteiger charge is 2.08. The highest BCUT2D eigenvalue weighted by Crippen LogP contribution is 2.26. The maximum absolute atomic E-state index is 12.0. The fourth-order valence-electron chi connectivity index (χ4n) is 1.45. The molecule has 0 aromatic heterocycles. The minimum absolute atomic E-state index is 0.251. The van der Waals surface area contributed by atoms with Gasteiger partial charge in [0.15, 0.2) is 0 Å². The smallest absolute Gasteiger partial charge is 0.255 e. The minimum Gasteiger partial charge on any atom is -0.398 e. The molecule has 0 saturated heterocycles. The van der Waals surface area contributed by atoms with E-state index in [0.717, 1.165) is 0 Å². The van der Waals surface area contributed by atoms with Gasteiger partial charge in [-0.25, -0.2) is 0 Å². The van der Waals surface area contributed by atoms with Gasteiger partial charge >= 0.3 is 0 Å². The molecular weight excluding hydrogens is 351 g/mol. The Kier molecular flexibility index (Phi) is 4.34. The number of nitrogens with one attached hydrogen (secondary N) is 1. The molecule has 0 aliphatic carbocycles. The highest BCUT2D eigenvalue weighted by atomic mass is 79.9. The van der Waals surface area contributed by atoms with E-state index >= 15 is 0 Å². The summed E-state index contributed by atoms with van der Waals surface area (Å²) in [5, 5.41) is 3.56. The van der Waals surface area contributed by atoms with Crippen LogP contribution in [0.3, 0.4) is 0 Å². The summed E-state index contributed by atoms with van der Waals surface area (Å²) in [6, 6.07) is 9.86. The highest BCUT2D eigenvalue weighted by molar-refractivity contribution is 9.10. The van der Waals surface area contributed by atoms with Crippen molar-refractivity contribution >= 4 is 56.4 Å². The van der Waals surface area contributed by atoms with Gasteiger partial charge in [0, 0.05) is 21.4 Å². The van der Waals surface area contributed by atoms with Gasteiger partial charge in [0.25, 0.3) is 5.91 Å². The molecule has 0 heterocycles. The Bertz CT molecular complexity index is 647. The molecule has 2 aromatic carbocycles. The van der Waals surface area contributed by atoms with Gasteiger partial charge in [-0.2, -0.15) is 0 Å². The predicted molar refractivity (Wildman–Crippen MR) is 83.0 cm³/mol. The van der Waals surface area contributed by atoms with Crippen molar-refractivity contribution in [1.82, 2.24) is 0 Å². The molecule has 0 aliphatic rings.